The maximum Gasteiger partial charge on any atom is 0.435 e. The van der Waals surface area contributed by atoms with Gasteiger partial charge in [0, 0.05) is 29.5 Å². The second kappa shape index (κ2) is 10.7. The summed E-state index contributed by atoms with van der Waals surface area (Å²) in [5.74, 6) is -1.66. The highest BCUT2D eigenvalue weighted by Crippen LogP contribution is 2.57. The Balaban J connectivity index is 1.62. The molecule has 1 saturated carbocycles. The summed E-state index contributed by atoms with van der Waals surface area (Å²) in [6, 6.07) is 5.86. The Labute approximate surface area is 249 Å². The van der Waals surface area contributed by atoms with Gasteiger partial charge in [0.2, 0.25) is 5.91 Å². The van der Waals surface area contributed by atoms with Crippen molar-refractivity contribution in [2.75, 3.05) is 13.2 Å². The van der Waals surface area contributed by atoms with E-state index in [-0.39, 0.29) is 53.2 Å². The minimum Gasteiger partial charge on any atom is -0.491 e. The van der Waals surface area contributed by atoms with Crippen LogP contribution in [0.2, 0.25) is 0 Å². The van der Waals surface area contributed by atoms with Crippen molar-refractivity contribution in [3.05, 3.63) is 59.2 Å². The minimum absolute atomic E-state index is 0.0188. The molecular formula is C30H30F7NO5S. The van der Waals surface area contributed by atoms with Crippen LogP contribution in [0.3, 0.4) is 0 Å². The first-order valence-electron chi connectivity index (χ1n) is 14.1. The van der Waals surface area contributed by atoms with Crippen LogP contribution >= 0.6 is 0 Å². The molecule has 0 radical (unpaired) electrons. The summed E-state index contributed by atoms with van der Waals surface area (Å²) in [7, 11) is -4.47. The number of carbonyl (C=O) groups excluding carboxylic acids is 2. The third-order valence-corrected chi connectivity index (χ3v) is 11.9. The van der Waals surface area contributed by atoms with Gasteiger partial charge in [0.05, 0.1) is 10.9 Å². The molecule has 2 heterocycles. The lowest BCUT2D eigenvalue weighted by Gasteiger charge is -2.43. The Morgan fingerprint density at radius 3 is 2.00 bits per heavy atom. The highest BCUT2D eigenvalue weighted by atomic mass is 32.2. The summed E-state index contributed by atoms with van der Waals surface area (Å²) in [4.78, 5) is 26.8. The van der Waals surface area contributed by atoms with Gasteiger partial charge in [0.1, 0.15) is 22.9 Å². The van der Waals surface area contributed by atoms with Gasteiger partial charge in [0.15, 0.2) is 9.84 Å². The second-order valence-electron chi connectivity index (χ2n) is 11.8. The number of rotatable bonds is 5. The predicted octanol–water partition coefficient (Wildman–Crippen LogP) is 6.34. The van der Waals surface area contributed by atoms with Gasteiger partial charge in [-0.3, -0.25) is 9.59 Å². The van der Waals surface area contributed by atoms with E-state index in [1.54, 1.807) is 6.92 Å². The molecule has 2 atom stereocenters. The van der Waals surface area contributed by atoms with E-state index in [2.05, 4.69) is 0 Å². The Bertz CT molecular complexity index is 1550. The molecule has 3 aliphatic rings. The number of alkyl halides is 7. The molecule has 0 bridgehead atoms. The molecule has 240 valence electrons. The third kappa shape index (κ3) is 4.78. The Hall–Kier alpha value is -3.16. The van der Waals surface area contributed by atoms with Crippen LogP contribution in [-0.2, 0) is 29.8 Å². The fraction of sp³-hybridized carbons (Fsp3) is 0.533. The number of benzene rings is 2. The van der Waals surface area contributed by atoms with Gasteiger partial charge in [-0.15, -0.1) is 0 Å². The number of aryl methyl sites for hydroxylation is 1. The summed E-state index contributed by atoms with van der Waals surface area (Å²) < 4.78 is 129. The van der Waals surface area contributed by atoms with E-state index >= 15 is 0 Å². The standard InChI is InChI=1S/C30H30F7NO5S/c1-17-3-10-22(11-4-17)44(41,42)27-13-14-38(26(40)20-7-5-19(6-8-20)18(2)39)25(27)16-43-24-15-21(9-12-23(24)27)28(31,29(32,33)34)30(35,36)37/h3-4,9-12,15,19-20,25H,5-8,13-14,16H2,1-2H3. The molecule has 0 N–H and O–H groups in total. The van der Waals surface area contributed by atoms with Gasteiger partial charge in [0.25, 0.3) is 0 Å². The smallest absolute Gasteiger partial charge is 0.435 e. The van der Waals surface area contributed by atoms with Crippen LogP contribution in [0.25, 0.3) is 0 Å². The monoisotopic (exact) mass is 649 g/mol. The van der Waals surface area contributed by atoms with E-state index in [0.717, 1.165) is 11.6 Å². The maximum absolute atomic E-state index is 15.0. The number of halogens is 7. The van der Waals surface area contributed by atoms with Crippen molar-refractivity contribution >= 4 is 21.5 Å². The summed E-state index contributed by atoms with van der Waals surface area (Å²) in [5, 5.41) is 0. The van der Waals surface area contributed by atoms with E-state index in [4.69, 9.17) is 4.74 Å². The first kappa shape index (κ1) is 32.2. The van der Waals surface area contributed by atoms with Crippen molar-refractivity contribution in [3.8, 4) is 5.75 Å². The molecular weight excluding hydrogens is 619 g/mol. The third-order valence-electron chi connectivity index (χ3n) is 9.40. The van der Waals surface area contributed by atoms with E-state index in [1.165, 1.54) is 36.1 Å². The Kier molecular flexibility index (Phi) is 7.86. The summed E-state index contributed by atoms with van der Waals surface area (Å²) in [5.41, 5.74) is -7.06. The molecule has 5 rings (SSSR count). The average Bonchev–Trinajstić information content (AvgIpc) is 3.37. The molecule has 1 saturated heterocycles. The molecule has 2 unspecified atom stereocenters. The normalized spacial score (nSPS) is 26.0. The predicted molar refractivity (Wildman–Crippen MR) is 143 cm³/mol. The molecule has 0 aromatic heterocycles. The molecule has 2 aromatic carbocycles. The highest BCUT2D eigenvalue weighted by Gasteiger charge is 2.74. The summed E-state index contributed by atoms with van der Waals surface area (Å²) >= 11 is 0. The minimum atomic E-state index is -6.37. The zero-order valence-corrected chi connectivity index (χ0v) is 24.6. The van der Waals surface area contributed by atoms with Crippen LogP contribution in [0, 0.1) is 18.8 Å². The molecule has 6 nitrogen and oxygen atoms in total. The molecule has 1 aliphatic carbocycles. The van der Waals surface area contributed by atoms with Crippen molar-refractivity contribution in [1.82, 2.24) is 4.90 Å². The fourth-order valence-electron chi connectivity index (χ4n) is 6.89. The van der Waals surface area contributed by atoms with Crippen molar-refractivity contribution < 1.29 is 53.5 Å². The number of fused-ring (bicyclic) bond motifs is 3. The topological polar surface area (TPSA) is 80.8 Å². The molecule has 2 aliphatic heterocycles. The molecule has 2 fully saturated rings. The molecule has 1 amide bonds. The lowest BCUT2D eigenvalue weighted by atomic mass is 9.79. The first-order chi connectivity index (χ1) is 20.4. The first-order valence-corrected chi connectivity index (χ1v) is 15.6. The number of amides is 1. The molecule has 14 heteroatoms. The van der Waals surface area contributed by atoms with Gasteiger partial charge in [-0.2, -0.15) is 26.3 Å². The second-order valence-corrected chi connectivity index (χ2v) is 14.0. The number of hydrogen-bond acceptors (Lipinski definition) is 5. The number of ether oxygens (including phenoxy) is 1. The van der Waals surface area contributed by atoms with E-state index < -0.39 is 62.5 Å². The lowest BCUT2D eigenvalue weighted by molar-refractivity contribution is -0.348. The largest absolute Gasteiger partial charge is 0.491 e. The average molecular weight is 650 g/mol. The van der Waals surface area contributed by atoms with E-state index in [1.807, 2.05) is 0 Å². The number of nitrogens with zero attached hydrogens (tertiary/aromatic N) is 1. The molecule has 2 aromatic rings. The molecule has 0 spiro atoms. The number of hydrogen-bond donors (Lipinski definition) is 0. The zero-order valence-electron chi connectivity index (χ0n) is 23.8. The summed E-state index contributed by atoms with van der Waals surface area (Å²) in [6.07, 6.45) is -11.2. The number of likely N-dealkylation sites (tertiary alicyclic amines) is 1. The van der Waals surface area contributed by atoms with Crippen LogP contribution in [0.1, 0.15) is 55.7 Å². The molecule has 44 heavy (non-hydrogen) atoms. The van der Waals surface area contributed by atoms with Gasteiger partial charge < -0.3 is 9.64 Å². The van der Waals surface area contributed by atoms with Gasteiger partial charge in [-0.1, -0.05) is 29.8 Å². The Morgan fingerprint density at radius 1 is 0.886 bits per heavy atom. The fourth-order valence-corrected chi connectivity index (χ4v) is 9.18. The van der Waals surface area contributed by atoms with Crippen molar-refractivity contribution in [2.45, 2.75) is 79.7 Å². The maximum atomic E-state index is 15.0. The van der Waals surface area contributed by atoms with Crippen molar-refractivity contribution in [3.63, 3.8) is 0 Å². The Morgan fingerprint density at radius 2 is 1.45 bits per heavy atom. The van der Waals surface area contributed by atoms with E-state index in [9.17, 15) is 48.7 Å². The number of carbonyl (C=O) groups is 2. The van der Waals surface area contributed by atoms with Crippen LogP contribution < -0.4 is 4.74 Å². The number of ketones is 1. The number of Topliss-reactive ketones (excluding diaryl/α,β-unsaturated/α-hetero) is 1. The lowest BCUT2D eigenvalue weighted by Crippen LogP contribution is -2.56. The van der Waals surface area contributed by atoms with Crippen LogP contribution in [0.15, 0.2) is 47.4 Å². The number of sulfone groups is 1. The van der Waals surface area contributed by atoms with Crippen molar-refractivity contribution in [1.29, 1.82) is 0 Å². The highest BCUT2D eigenvalue weighted by molar-refractivity contribution is 7.92. The van der Waals surface area contributed by atoms with Crippen LogP contribution in [-0.4, -0.2) is 56.6 Å². The quantitative estimate of drug-likeness (QED) is 0.353. The van der Waals surface area contributed by atoms with Crippen LogP contribution in [0.5, 0.6) is 5.75 Å². The van der Waals surface area contributed by atoms with Gasteiger partial charge >= 0.3 is 18.0 Å². The van der Waals surface area contributed by atoms with Gasteiger partial charge in [-0.25, -0.2) is 12.8 Å². The van der Waals surface area contributed by atoms with Crippen LogP contribution in [0.4, 0.5) is 30.7 Å². The van der Waals surface area contributed by atoms with Gasteiger partial charge in [-0.05, 0) is 64.2 Å². The SMILES string of the molecule is CC(=O)C1CCC(C(=O)N2CCC3(S(=O)(=O)c4ccc(C)cc4)c4ccc(C(F)(C(F)(F)F)C(F)(F)F)cc4OCC23)CC1. The summed E-state index contributed by atoms with van der Waals surface area (Å²) in [6.45, 7) is 2.57. The van der Waals surface area contributed by atoms with Crippen molar-refractivity contribution in [2.24, 2.45) is 11.8 Å². The van der Waals surface area contributed by atoms with E-state index in [0.29, 0.717) is 25.7 Å². The zero-order chi connectivity index (χ0) is 32.5.